The first-order valence-corrected chi connectivity index (χ1v) is 11.3. The molecule has 1 aliphatic heterocycles. The Hall–Kier alpha value is -3.81. The summed E-state index contributed by atoms with van der Waals surface area (Å²) in [6.07, 6.45) is -0.407. The van der Waals surface area contributed by atoms with Gasteiger partial charge in [-0.25, -0.2) is 4.98 Å². The van der Waals surface area contributed by atoms with Crippen LogP contribution in [0.4, 0.5) is 19.0 Å². The van der Waals surface area contributed by atoms with Gasteiger partial charge in [0.2, 0.25) is 0 Å². The molecule has 1 aliphatic rings. The van der Waals surface area contributed by atoms with E-state index in [4.69, 9.17) is 4.74 Å². The number of anilines is 1. The van der Waals surface area contributed by atoms with Crippen LogP contribution in [-0.2, 0) is 11.0 Å². The molecule has 1 saturated heterocycles. The van der Waals surface area contributed by atoms with E-state index in [0.29, 0.717) is 43.1 Å². The minimum Gasteiger partial charge on any atom is -0.496 e. The number of ether oxygens (including phenoxy) is 1. The number of nitrogens with zero attached hydrogens (tertiary/aromatic N) is 2. The number of nitrogens with one attached hydrogen (secondary N) is 1. The van der Waals surface area contributed by atoms with Crippen LogP contribution in [0.25, 0.3) is 11.6 Å². The van der Waals surface area contributed by atoms with E-state index in [1.165, 1.54) is 6.07 Å². The topological polar surface area (TPSA) is 54.5 Å². The number of alkyl halides is 3. The predicted molar refractivity (Wildman–Crippen MR) is 130 cm³/mol. The van der Waals surface area contributed by atoms with Gasteiger partial charge < -0.3 is 15.0 Å². The summed E-state index contributed by atoms with van der Waals surface area (Å²) in [5, 5.41) is 3.13. The summed E-state index contributed by atoms with van der Waals surface area (Å²) in [6, 6.07) is 19.3. The fraction of sp³-hybridized carbons (Fsp3) is 0.259. The molecule has 0 aliphatic carbocycles. The van der Waals surface area contributed by atoms with Crippen molar-refractivity contribution in [1.82, 2.24) is 10.3 Å². The lowest BCUT2D eigenvalue weighted by molar-refractivity contribution is -0.137. The molecule has 1 aromatic heterocycles. The van der Waals surface area contributed by atoms with Gasteiger partial charge in [0.1, 0.15) is 11.6 Å². The zero-order valence-corrected chi connectivity index (χ0v) is 19.3. The second-order valence-electron chi connectivity index (χ2n) is 8.30. The van der Waals surface area contributed by atoms with Crippen LogP contribution in [0.1, 0.15) is 29.5 Å². The lowest BCUT2D eigenvalue weighted by Gasteiger charge is -2.33. The van der Waals surface area contributed by atoms with Crippen LogP contribution in [0.3, 0.4) is 0 Å². The van der Waals surface area contributed by atoms with E-state index in [-0.39, 0.29) is 11.9 Å². The highest BCUT2D eigenvalue weighted by Crippen LogP contribution is 2.30. The SMILES string of the molecule is COc1ccccc1C=C(C(=O)NC1CCN(c2ccc(C(F)(F)F)cn2)CC1)c1ccccc1. The predicted octanol–water partition coefficient (Wildman–Crippen LogP) is 5.43. The van der Waals surface area contributed by atoms with Gasteiger partial charge in [-0.3, -0.25) is 4.79 Å². The highest BCUT2D eigenvalue weighted by molar-refractivity contribution is 6.24. The summed E-state index contributed by atoms with van der Waals surface area (Å²) >= 11 is 0. The highest BCUT2D eigenvalue weighted by Gasteiger charge is 2.31. The van der Waals surface area contributed by atoms with Crippen LogP contribution in [0, 0.1) is 0 Å². The Balaban J connectivity index is 1.45. The van der Waals surface area contributed by atoms with Crippen LogP contribution >= 0.6 is 0 Å². The van der Waals surface area contributed by atoms with Crippen molar-refractivity contribution < 1.29 is 22.7 Å². The number of halogens is 3. The first kappa shape index (κ1) is 24.3. The Kier molecular flexibility index (Phi) is 7.39. The van der Waals surface area contributed by atoms with Gasteiger partial charge in [0, 0.05) is 36.5 Å². The van der Waals surface area contributed by atoms with Crippen molar-refractivity contribution in [3.05, 3.63) is 89.6 Å². The lowest BCUT2D eigenvalue weighted by Crippen LogP contribution is -2.45. The van der Waals surface area contributed by atoms with Gasteiger partial charge in [-0.05, 0) is 42.7 Å². The highest BCUT2D eigenvalue weighted by atomic mass is 19.4. The Morgan fingerprint density at radius 1 is 1.03 bits per heavy atom. The van der Waals surface area contributed by atoms with Crippen molar-refractivity contribution in [2.75, 3.05) is 25.1 Å². The summed E-state index contributed by atoms with van der Waals surface area (Å²) in [7, 11) is 1.59. The number of carbonyl (C=O) groups is 1. The molecule has 0 saturated carbocycles. The van der Waals surface area contributed by atoms with Crippen molar-refractivity contribution in [2.45, 2.75) is 25.1 Å². The molecule has 1 fully saturated rings. The molecule has 0 unspecified atom stereocenters. The molecule has 182 valence electrons. The van der Waals surface area contributed by atoms with Gasteiger partial charge in [-0.2, -0.15) is 13.2 Å². The first-order chi connectivity index (χ1) is 16.8. The van der Waals surface area contributed by atoms with Crippen molar-refractivity contribution in [3.8, 4) is 5.75 Å². The molecule has 5 nitrogen and oxygen atoms in total. The van der Waals surface area contributed by atoms with Crippen molar-refractivity contribution in [1.29, 1.82) is 0 Å². The quantitative estimate of drug-likeness (QED) is 0.377. The van der Waals surface area contributed by atoms with Crippen LogP contribution < -0.4 is 15.0 Å². The van der Waals surface area contributed by atoms with Crippen molar-refractivity contribution >= 4 is 23.4 Å². The van der Waals surface area contributed by atoms with Crippen molar-refractivity contribution in [3.63, 3.8) is 0 Å². The number of piperidine rings is 1. The van der Waals surface area contributed by atoms with Gasteiger partial charge in [0.15, 0.2) is 0 Å². The molecule has 2 aromatic carbocycles. The van der Waals surface area contributed by atoms with Gasteiger partial charge in [0.25, 0.3) is 5.91 Å². The van der Waals surface area contributed by atoms with Crippen molar-refractivity contribution in [2.24, 2.45) is 0 Å². The zero-order valence-electron chi connectivity index (χ0n) is 19.3. The van der Waals surface area contributed by atoms with Gasteiger partial charge in [-0.1, -0.05) is 48.5 Å². The molecule has 8 heteroatoms. The number of amides is 1. The maximum atomic E-state index is 13.3. The van der Waals surface area contributed by atoms with Crippen LogP contribution in [-0.4, -0.2) is 37.1 Å². The molecular weight excluding hydrogens is 455 g/mol. The molecule has 4 rings (SSSR count). The number of aromatic nitrogens is 1. The molecule has 0 radical (unpaired) electrons. The molecular formula is C27H26F3N3O2. The average Bonchev–Trinajstić information content (AvgIpc) is 2.88. The van der Waals surface area contributed by atoms with E-state index < -0.39 is 11.7 Å². The standard InChI is InChI=1S/C27H26F3N3O2/c1-35-24-10-6-5-9-20(24)17-23(19-7-3-2-4-8-19)26(34)32-22-13-15-33(16-14-22)25-12-11-21(18-31-25)27(28,29)30/h2-12,17-18,22H,13-16H2,1H3,(H,32,34). The zero-order chi connectivity index (χ0) is 24.8. The third-order valence-electron chi connectivity index (χ3n) is 6.00. The average molecular weight is 482 g/mol. The van der Waals surface area contributed by atoms with E-state index in [1.807, 2.05) is 65.6 Å². The summed E-state index contributed by atoms with van der Waals surface area (Å²) in [5.74, 6) is 0.989. The molecule has 0 atom stereocenters. The minimum absolute atomic E-state index is 0.0574. The monoisotopic (exact) mass is 481 g/mol. The Morgan fingerprint density at radius 3 is 2.34 bits per heavy atom. The van der Waals surface area contributed by atoms with Crippen LogP contribution in [0.2, 0.25) is 0 Å². The number of hydrogen-bond acceptors (Lipinski definition) is 4. The number of pyridine rings is 1. The summed E-state index contributed by atoms with van der Waals surface area (Å²) in [5.41, 5.74) is 1.36. The number of carbonyl (C=O) groups excluding carboxylic acids is 1. The third kappa shape index (κ3) is 6.01. The summed E-state index contributed by atoms with van der Waals surface area (Å²) < 4.78 is 43.8. The fourth-order valence-corrected chi connectivity index (χ4v) is 4.10. The van der Waals surface area contributed by atoms with E-state index in [2.05, 4.69) is 10.3 Å². The molecule has 3 aromatic rings. The maximum Gasteiger partial charge on any atom is 0.417 e. The molecule has 1 amide bonds. The van der Waals surface area contributed by atoms with Gasteiger partial charge in [-0.15, -0.1) is 0 Å². The van der Waals surface area contributed by atoms with Crippen LogP contribution in [0.5, 0.6) is 5.75 Å². The van der Waals surface area contributed by atoms with Gasteiger partial charge >= 0.3 is 6.18 Å². The first-order valence-electron chi connectivity index (χ1n) is 11.3. The number of rotatable bonds is 6. The summed E-state index contributed by atoms with van der Waals surface area (Å²) in [4.78, 5) is 19.3. The van der Waals surface area contributed by atoms with E-state index in [1.54, 1.807) is 7.11 Å². The van der Waals surface area contributed by atoms with Crippen LogP contribution in [0.15, 0.2) is 72.9 Å². The molecule has 1 N–H and O–H groups in total. The molecule has 35 heavy (non-hydrogen) atoms. The molecule has 2 heterocycles. The Bertz CT molecular complexity index is 1170. The van der Waals surface area contributed by atoms with E-state index >= 15 is 0 Å². The minimum atomic E-state index is -4.41. The third-order valence-corrected chi connectivity index (χ3v) is 6.00. The fourth-order valence-electron chi connectivity index (χ4n) is 4.10. The lowest BCUT2D eigenvalue weighted by atomic mass is 9.99. The smallest absolute Gasteiger partial charge is 0.417 e. The van der Waals surface area contributed by atoms with E-state index in [9.17, 15) is 18.0 Å². The normalized spacial score (nSPS) is 15.1. The second kappa shape index (κ2) is 10.6. The van der Waals surface area contributed by atoms with Gasteiger partial charge in [0.05, 0.1) is 12.7 Å². The number of methoxy groups -OCH3 is 1. The largest absolute Gasteiger partial charge is 0.496 e. The second-order valence-corrected chi connectivity index (χ2v) is 8.30. The molecule has 0 spiro atoms. The summed E-state index contributed by atoms with van der Waals surface area (Å²) in [6.45, 7) is 1.17. The molecule has 0 bridgehead atoms. The van der Waals surface area contributed by atoms with E-state index in [0.717, 1.165) is 23.4 Å². The number of hydrogen-bond donors (Lipinski definition) is 1. The number of para-hydroxylation sites is 1. The Morgan fingerprint density at radius 2 is 1.71 bits per heavy atom. The maximum absolute atomic E-state index is 13.3. The number of benzene rings is 2. The Labute approximate surface area is 202 Å².